The summed E-state index contributed by atoms with van der Waals surface area (Å²) in [5, 5.41) is 0. The lowest BCUT2D eigenvalue weighted by Gasteiger charge is -2.14. The summed E-state index contributed by atoms with van der Waals surface area (Å²) in [5.41, 5.74) is 6.14. The van der Waals surface area contributed by atoms with Crippen LogP contribution in [0.5, 0.6) is 0 Å². The summed E-state index contributed by atoms with van der Waals surface area (Å²) in [6.45, 7) is 6.59. The summed E-state index contributed by atoms with van der Waals surface area (Å²) in [4.78, 5) is 2.62. The van der Waals surface area contributed by atoms with Gasteiger partial charge >= 0.3 is 0 Å². The third-order valence-corrected chi connectivity index (χ3v) is 4.86. The van der Waals surface area contributed by atoms with Gasteiger partial charge in [-0.05, 0) is 41.3 Å². The Balaban J connectivity index is 2.64. The molecule has 1 heterocycles. The Hall–Kier alpha value is 0.140. The van der Waals surface area contributed by atoms with Crippen molar-refractivity contribution in [2.75, 3.05) is 0 Å². The van der Waals surface area contributed by atoms with Crippen LogP contribution in [-0.2, 0) is 0 Å². The van der Waals surface area contributed by atoms with Crippen LogP contribution in [-0.4, -0.2) is 0 Å². The summed E-state index contributed by atoms with van der Waals surface area (Å²) < 4.78 is 1.19. The van der Waals surface area contributed by atoms with E-state index in [1.54, 1.807) is 11.3 Å². The first kappa shape index (κ1) is 12.2. The monoisotopic (exact) mass is 275 g/mol. The minimum atomic E-state index is 0.208. The summed E-state index contributed by atoms with van der Waals surface area (Å²) >= 11 is 5.33. The van der Waals surface area contributed by atoms with Gasteiger partial charge in [0.2, 0.25) is 0 Å². The molecule has 0 aliphatic heterocycles. The Kier molecular flexibility index (Phi) is 4.61. The zero-order chi connectivity index (χ0) is 10.7. The zero-order valence-corrected chi connectivity index (χ0v) is 11.4. The average Bonchev–Trinajstić information content (AvgIpc) is 2.47. The molecule has 80 valence electrons. The Morgan fingerprint density at radius 2 is 2.21 bits per heavy atom. The second-order valence-electron chi connectivity index (χ2n) is 3.91. The van der Waals surface area contributed by atoms with Crippen LogP contribution in [0.15, 0.2) is 10.5 Å². The predicted molar refractivity (Wildman–Crippen MR) is 67.8 cm³/mol. The maximum atomic E-state index is 6.14. The maximum absolute atomic E-state index is 6.14. The molecular weight excluding hydrogens is 258 g/mol. The highest BCUT2D eigenvalue weighted by Gasteiger charge is 2.13. The molecule has 1 nitrogen and oxygen atoms in total. The van der Waals surface area contributed by atoms with Crippen molar-refractivity contribution in [3.63, 3.8) is 0 Å². The maximum Gasteiger partial charge on any atom is 0.0392 e. The molecule has 3 heteroatoms. The molecule has 0 aromatic carbocycles. The Morgan fingerprint density at radius 3 is 2.64 bits per heavy atom. The summed E-state index contributed by atoms with van der Waals surface area (Å²) in [7, 11) is 0. The van der Waals surface area contributed by atoms with Crippen molar-refractivity contribution in [1.29, 1.82) is 0 Å². The van der Waals surface area contributed by atoms with Crippen LogP contribution in [0, 0.1) is 12.8 Å². The first-order valence-corrected chi connectivity index (χ1v) is 6.67. The van der Waals surface area contributed by atoms with Gasteiger partial charge in [0.05, 0.1) is 0 Å². The Labute approximate surface area is 98.8 Å². The minimum Gasteiger partial charge on any atom is -0.323 e. The SMILES string of the molecule is CCC(C)CC(N)c1cc(Br)c(C)s1. The topological polar surface area (TPSA) is 26.0 Å². The van der Waals surface area contributed by atoms with E-state index in [0.717, 1.165) is 6.42 Å². The van der Waals surface area contributed by atoms with Crippen molar-refractivity contribution in [3.8, 4) is 0 Å². The van der Waals surface area contributed by atoms with E-state index < -0.39 is 0 Å². The molecule has 0 fully saturated rings. The van der Waals surface area contributed by atoms with Gasteiger partial charge in [-0.1, -0.05) is 20.3 Å². The molecule has 2 atom stereocenters. The zero-order valence-electron chi connectivity index (χ0n) is 9.01. The molecular formula is C11H18BrNS. The fraction of sp³-hybridized carbons (Fsp3) is 0.636. The first-order chi connectivity index (χ1) is 6.54. The molecule has 0 spiro atoms. The van der Waals surface area contributed by atoms with E-state index in [1.165, 1.54) is 20.6 Å². The van der Waals surface area contributed by atoms with E-state index in [1.807, 2.05) is 0 Å². The van der Waals surface area contributed by atoms with Crippen molar-refractivity contribution in [3.05, 3.63) is 20.3 Å². The molecule has 0 bridgehead atoms. The standard InChI is InChI=1S/C11H18BrNS/c1-4-7(2)5-10(13)11-6-9(12)8(3)14-11/h6-7,10H,4-5,13H2,1-3H3. The molecule has 1 aromatic heterocycles. The van der Waals surface area contributed by atoms with E-state index in [4.69, 9.17) is 5.73 Å². The number of rotatable bonds is 4. The van der Waals surface area contributed by atoms with Crippen LogP contribution < -0.4 is 5.73 Å². The van der Waals surface area contributed by atoms with Crippen molar-refractivity contribution >= 4 is 27.3 Å². The third-order valence-electron chi connectivity index (χ3n) is 2.59. The molecule has 0 radical (unpaired) electrons. The van der Waals surface area contributed by atoms with Gasteiger partial charge in [-0.15, -0.1) is 11.3 Å². The van der Waals surface area contributed by atoms with Crippen LogP contribution in [0.3, 0.4) is 0 Å². The van der Waals surface area contributed by atoms with Crippen molar-refractivity contribution < 1.29 is 0 Å². The molecule has 1 aromatic rings. The van der Waals surface area contributed by atoms with E-state index in [0.29, 0.717) is 5.92 Å². The van der Waals surface area contributed by atoms with Crippen LogP contribution >= 0.6 is 27.3 Å². The largest absolute Gasteiger partial charge is 0.323 e. The predicted octanol–water partition coefficient (Wildman–Crippen LogP) is 4.26. The minimum absolute atomic E-state index is 0.208. The lowest BCUT2D eigenvalue weighted by atomic mass is 9.99. The van der Waals surface area contributed by atoms with Gasteiger partial charge in [0, 0.05) is 20.3 Å². The molecule has 0 aliphatic carbocycles. The molecule has 14 heavy (non-hydrogen) atoms. The van der Waals surface area contributed by atoms with E-state index in [2.05, 4.69) is 42.8 Å². The van der Waals surface area contributed by atoms with Crippen LogP contribution in [0.2, 0.25) is 0 Å². The molecule has 2 N–H and O–H groups in total. The summed E-state index contributed by atoms with van der Waals surface area (Å²) in [6.07, 6.45) is 2.29. The molecule has 0 amide bonds. The van der Waals surface area contributed by atoms with E-state index >= 15 is 0 Å². The molecule has 0 saturated heterocycles. The molecule has 1 rings (SSSR count). The lowest BCUT2D eigenvalue weighted by Crippen LogP contribution is -2.12. The molecule has 0 saturated carbocycles. The van der Waals surface area contributed by atoms with Crippen molar-refractivity contribution in [1.82, 2.24) is 0 Å². The lowest BCUT2D eigenvalue weighted by molar-refractivity contribution is 0.465. The Bertz CT molecular complexity index is 276. The normalized spacial score (nSPS) is 15.5. The fourth-order valence-electron chi connectivity index (χ4n) is 1.38. The highest BCUT2D eigenvalue weighted by molar-refractivity contribution is 9.10. The van der Waals surface area contributed by atoms with Gasteiger partial charge < -0.3 is 5.73 Å². The number of aryl methyl sites for hydroxylation is 1. The second-order valence-corrected chi connectivity index (χ2v) is 6.05. The Morgan fingerprint density at radius 1 is 1.57 bits per heavy atom. The first-order valence-electron chi connectivity index (χ1n) is 5.06. The summed E-state index contributed by atoms with van der Waals surface area (Å²) in [5.74, 6) is 0.714. The smallest absolute Gasteiger partial charge is 0.0392 e. The molecule has 0 aliphatic rings. The van der Waals surface area contributed by atoms with E-state index in [9.17, 15) is 0 Å². The van der Waals surface area contributed by atoms with Gasteiger partial charge in [-0.2, -0.15) is 0 Å². The number of nitrogens with two attached hydrogens (primary N) is 1. The van der Waals surface area contributed by atoms with Crippen molar-refractivity contribution in [2.45, 2.75) is 39.7 Å². The quantitative estimate of drug-likeness (QED) is 0.873. The third kappa shape index (κ3) is 3.07. The van der Waals surface area contributed by atoms with Crippen LogP contribution in [0.4, 0.5) is 0 Å². The average molecular weight is 276 g/mol. The van der Waals surface area contributed by atoms with Gasteiger partial charge in [-0.3, -0.25) is 0 Å². The van der Waals surface area contributed by atoms with E-state index in [-0.39, 0.29) is 6.04 Å². The number of hydrogen-bond donors (Lipinski definition) is 1. The molecule has 2 unspecified atom stereocenters. The van der Waals surface area contributed by atoms with Gasteiger partial charge in [-0.25, -0.2) is 0 Å². The van der Waals surface area contributed by atoms with Crippen molar-refractivity contribution in [2.24, 2.45) is 11.7 Å². The fourth-order valence-corrected chi connectivity index (χ4v) is 2.96. The second kappa shape index (κ2) is 5.29. The van der Waals surface area contributed by atoms with Gasteiger partial charge in [0.15, 0.2) is 0 Å². The number of hydrogen-bond acceptors (Lipinski definition) is 2. The van der Waals surface area contributed by atoms with Crippen LogP contribution in [0.25, 0.3) is 0 Å². The van der Waals surface area contributed by atoms with Gasteiger partial charge in [0.25, 0.3) is 0 Å². The highest BCUT2D eigenvalue weighted by Crippen LogP contribution is 2.32. The summed E-state index contributed by atoms with van der Waals surface area (Å²) in [6, 6.07) is 2.37. The highest BCUT2D eigenvalue weighted by atomic mass is 79.9. The van der Waals surface area contributed by atoms with Crippen LogP contribution in [0.1, 0.15) is 42.5 Å². The van der Waals surface area contributed by atoms with Gasteiger partial charge in [0.1, 0.15) is 0 Å². The number of thiophene rings is 1. The number of halogens is 1.